The molecule has 3 rings (SSSR count). The summed E-state index contributed by atoms with van der Waals surface area (Å²) >= 11 is 0. The van der Waals surface area contributed by atoms with Gasteiger partial charge in [-0.1, -0.05) is 20.8 Å². The molecule has 9 atom stereocenters. The van der Waals surface area contributed by atoms with Crippen LogP contribution in [0.2, 0.25) is 0 Å². The van der Waals surface area contributed by atoms with E-state index < -0.39 is 11.5 Å². The van der Waals surface area contributed by atoms with Gasteiger partial charge in [-0.15, -0.1) is 0 Å². The van der Waals surface area contributed by atoms with Crippen LogP contribution < -0.4 is 0 Å². The Morgan fingerprint density at radius 1 is 1.10 bits per heavy atom. The van der Waals surface area contributed by atoms with Crippen LogP contribution in [0, 0.1) is 35.0 Å². The van der Waals surface area contributed by atoms with Crippen molar-refractivity contribution in [2.45, 2.75) is 65.8 Å². The molecule has 1 heterocycles. The molecule has 0 aromatic heterocycles. The highest BCUT2D eigenvalue weighted by molar-refractivity contribution is 5.76. The standard InChI is InChI=1S/C22H35NO6/c1-11-8-16-18(15(10-23(6)7)21(26)29-16)20(28-14(4)25)22(5)17(27-13(3)24)9-12(2)19(11)22/h11-12,15-20H,8-10H2,1-7H3/t11-,12+,15-,16+,17?,18-,19-,20+,22-/m1/s1. The molecule has 3 aliphatic rings. The molecule has 2 aliphatic carbocycles. The van der Waals surface area contributed by atoms with E-state index in [1.807, 2.05) is 19.0 Å². The Labute approximate surface area is 173 Å². The van der Waals surface area contributed by atoms with Crippen molar-refractivity contribution in [3.05, 3.63) is 0 Å². The molecule has 0 aromatic rings. The molecular formula is C22H35NO6. The molecule has 7 heteroatoms. The lowest BCUT2D eigenvalue weighted by Crippen LogP contribution is -2.53. The van der Waals surface area contributed by atoms with Crippen molar-refractivity contribution in [3.8, 4) is 0 Å². The van der Waals surface area contributed by atoms with Gasteiger partial charge in [0.1, 0.15) is 18.3 Å². The molecule has 1 aliphatic heterocycles. The van der Waals surface area contributed by atoms with Gasteiger partial charge in [0.05, 0.1) is 5.92 Å². The summed E-state index contributed by atoms with van der Waals surface area (Å²) in [5.74, 6) is -0.829. The quantitative estimate of drug-likeness (QED) is 0.520. The maximum absolute atomic E-state index is 12.8. The Kier molecular flexibility index (Phi) is 6.01. The number of rotatable bonds is 4. The topological polar surface area (TPSA) is 82.1 Å². The minimum Gasteiger partial charge on any atom is -0.462 e. The third-order valence-corrected chi connectivity index (χ3v) is 7.42. The number of hydrogen-bond donors (Lipinski definition) is 0. The summed E-state index contributed by atoms with van der Waals surface area (Å²) in [6.45, 7) is 9.78. The van der Waals surface area contributed by atoms with Crippen LogP contribution in [0.15, 0.2) is 0 Å². The number of esters is 3. The normalized spacial score (nSPS) is 43.9. The van der Waals surface area contributed by atoms with Gasteiger partial charge in [-0.3, -0.25) is 14.4 Å². The maximum Gasteiger partial charge on any atom is 0.311 e. The van der Waals surface area contributed by atoms with Crippen LogP contribution >= 0.6 is 0 Å². The van der Waals surface area contributed by atoms with Crippen molar-refractivity contribution in [2.75, 3.05) is 20.6 Å². The van der Waals surface area contributed by atoms with Crippen LogP contribution in [0.4, 0.5) is 0 Å². The Hall–Kier alpha value is -1.63. The van der Waals surface area contributed by atoms with E-state index in [-0.39, 0.29) is 53.8 Å². The van der Waals surface area contributed by atoms with E-state index in [2.05, 4.69) is 20.8 Å². The summed E-state index contributed by atoms with van der Waals surface area (Å²) in [5, 5.41) is 0. The fraction of sp³-hybridized carbons (Fsp3) is 0.864. The predicted octanol–water partition coefficient (Wildman–Crippen LogP) is 2.27. The number of carbonyl (C=O) groups excluding carboxylic acids is 3. The summed E-state index contributed by atoms with van der Waals surface area (Å²) in [7, 11) is 3.84. The fourth-order valence-electron chi connectivity index (χ4n) is 6.73. The van der Waals surface area contributed by atoms with Gasteiger partial charge < -0.3 is 19.1 Å². The van der Waals surface area contributed by atoms with Gasteiger partial charge in [-0.2, -0.15) is 0 Å². The average Bonchev–Trinajstić information content (AvgIpc) is 2.95. The zero-order valence-corrected chi connectivity index (χ0v) is 18.6. The van der Waals surface area contributed by atoms with E-state index in [1.165, 1.54) is 13.8 Å². The molecule has 0 spiro atoms. The molecule has 2 saturated carbocycles. The van der Waals surface area contributed by atoms with Crippen molar-refractivity contribution in [1.29, 1.82) is 0 Å². The molecule has 29 heavy (non-hydrogen) atoms. The summed E-state index contributed by atoms with van der Waals surface area (Å²) in [6, 6.07) is 0. The minimum atomic E-state index is -0.575. The second-order valence-electron chi connectivity index (χ2n) is 9.87. The molecule has 164 valence electrons. The van der Waals surface area contributed by atoms with Gasteiger partial charge in [0, 0.05) is 31.7 Å². The van der Waals surface area contributed by atoms with Crippen LogP contribution in [-0.4, -0.2) is 61.8 Å². The lowest BCUT2D eigenvalue weighted by Gasteiger charge is -2.45. The van der Waals surface area contributed by atoms with Crippen molar-refractivity contribution >= 4 is 17.9 Å². The van der Waals surface area contributed by atoms with E-state index in [4.69, 9.17) is 14.2 Å². The van der Waals surface area contributed by atoms with E-state index in [0.717, 1.165) is 12.8 Å². The first-order valence-electron chi connectivity index (χ1n) is 10.7. The Morgan fingerprint density at radius 2 is 1.69 bits per heavy atom. The van der Waals surface area contributed by atoms with Gasteiger partial charge in [0.25, 0.3) is 0 Å². The van der Waals surface area contributed by atoms with Crippen LogP contribution in [0.1, 0.15) is 47.5 Å². The first kappa shape index (κ1) is 22.1. The highest BCUT2D eigenvalue weighted by Crippen LogP contribution is 2.60. The highest BCUT2D eigenvalue weighted by Gasteiger charge is 2.67. The number of fused-ring (bicyclic) bond motifs is 2. The summed E-state index contributed by atoms with van der Waals surface area (Å²) in [4.78, 5) is 38.8. The fourth-order valence-corrected chi connectivity index (χ4v) is 6.73. The van der Waals surface area contributed by atoms with E-state index >= 15 is 0 Å². The summed E-state index contributed by atoms with van der Waals surface area (Å²) in [5.41, 5.74) is -0.575. The Bertz CT molecular complexity index is 678. The van der Waals surface area contributed by atoms with Crippen molar-refractivity contribution in [1.82, 2.24) is 4.90 Å². The summed E-state index contributed by atoms with van der Waals surface area (Å²) in [6.07, 6.45) is 0.259. The molecule has 7 nitrogen and oxygen atoms in total. The summed E-state index contributed by atoms with van der Waals surface area (Å²) < 4.78 is 17.6. The first-order valence-corrected chi connectivity index (χ1v) is 10.7. The van der Waals surface area contributed by atoms with Crippen LogP contribution in [0.3, 0.4) is 0 Å². The average molecular weight is 410 g/mol. The highest BCUT2D eigenvalue weighted by atomic mass is 16.6. The van der Waals surface area contributed by atoms with Gasteiger partial charge >= 0.3 is 17.9 Å². The predicted molar refractivity (Wildman–Crippen MR) is 106 cm³/mol. The Balaban J connectivity index is 2.12. The van der Waals surface area contributed by atoms with Crippen molar-refractivity contribution in [2.24, 2.45) is 35.0 Å². The lowest BCUT2D eigenvalue weighted by atomic mass is 9.65. The van der Waals surface area contributed by atoms with Gasteiger partial charge in [-0.05, 0) is 44.7 Å². The SMILES string of the molecule is CC(=O)OC1C[C@H](C)[C@H]2[C@H](C)C[C@@H]3OC(=O)[C@H](CN(C)C)[C@H]3[C@H](OC(C)=O)[C@]12C. The van der Waals surface area contributed by atoms with Crippen LogP contribution in [0.25, 0.3) is 0 Å². The van der Waals surface area contributed by atoms with Gasteiger partial charge in [-0.25, -0.2) is 0 Å². The van der Waals surface area contributed by atoms with Crippen LogP contribution in [0.5, 0.6) is 0 Å². The second kappa shape index (κ2) is 7.89. The van der Waals surface area contributed by atoms with Gasteiger partial charge in [0.2, 0.25) is 0 Å². The van der Waals surface area contributed by atoms with E-state index in [9.17, 15) is 14.4 Å². The Morgan fingerprint density at radius 3 is 2.24 bits per heavy atom. The largest absolute Gasteiger partial charge is 0.462 e. The molecule has 0 radical (unpaired) electrons. The molecule has 0 N–H and O–H groups in total. The molecule has 1 saturated heterocycles. The first-order chi connectivity index (χ1) is 13.5. The maximum atomic E-state index is 12.8. The lowest BCUT2D eigenvalue weighted by molar-refractivity contribution is -0.180. The third kappa shape index (κ3) is 3.78. The number of carbonyl (C=O) groups is 3. The third-order valence-electron chi connectivity index (χ3n) is 7.42. The van der Waals surface area contributed by atoms with E-state index in [1.54, 1.807) is 0 Å². The molecule has 0 aromatic carbocycles. The molecular weight excluding hydrogens is 374 g/mol. The monoisotopic (exact) mass is 409 g/mol. The van der Waals surface area contributed by atoms with Crippen LogP contribution in [-0.2, 0) is 28.6 Å². The zero-order chi connectivity index (χ0) is 21.7. The second-order valence-corrected chi connectivity index (χ2v) is 9.87. The van der Waals surface area contributed by atoms with Crippen molar-refractivity contribution in [3.63, 3.8) is 0 Å². The minimum absolute atomic E-state index is 0.195. The van der Waals surface area contributed by atoms with Crippen molar-refractivity contribution < 1.29 is 28.6 Å². The molecule has 3 fully saturated rings. The number of hydrogen-bond acceptors (Lipinski definition) is 7. The number of nitrogens with zero attached hydrogens (tertiary/aromatic N) is 1. The molecule has 0 amide bonds. The smallest absolute Gasteiger partial charge is 0.311 e. The van der Waals surface area contributed by atoms with E-state index in [0.29, 0.717) is 12.5 Å². The molecule has 1 unspecified atom stereocenters. The number of ether oxygens (including phenoxy) is 3. The molecule has 0 bridgehead atoms. The zero-order valence-electron chi connectivity index (χ0n) is 18.6. The van der Waals surface area contributed by atoms with Gasteiger partial charge in [0.15, 0.2) is 0 Å².